The summed E-state index contributed by atoms with van der Waals surface area (Å²) in [5, 5.41) is 12.2. The van der Waals surface area contributed by atoms with Crippen LogP contribution in [-0.4, -0.2) is 19.1 Å². The van der Waals surface area contributed by atoms with E-state index >= 15 is 0 Å². The maximum absolute atomic E-state index is 9.11. The number of rotatable bonds is 4. The number of hydrogen-bond donors (Lipinski definition) is 1. The molecule has 1 aromatic carbocycles. The quantitative estimate of drug-likeness (QED) is 0.908. The molecule has 4 heteroatoms. The largest absolute Gasteiger partial charge is 0.388 e. The van der Waals surface area contributed by atoms with Gasteiger partial charge in [-0.25, -0.2) is 0 Å². The molecule has 19 heavy (non-hydrogen) atoms. The highest BCUT2D eigenvalue weighted by molar-refractivity contribution is 5.59. The van der Waals surface area contributed by atoms with Crippen LogP contribution in [0.1, 0.15) is 11.3 Å². The zero-order valence-corrected chi connectivity index (χ0v) is 11.1. The van der Waals surface area contributed by atoms with Crippen molar-refractivity contribution in [3.63, 3.8) is 0 Å². The molecule has 0 aliphatic heterocycles. The van der Waals surface area contributed by atoms with Gasteiger partial charge in [-0.15, -0.1) is 0 Å². The summed E-state index contributed by atoms with van der Waals surface area (Å²) in [7, 11) is 3.84. The second kappa shape index (κ2) is 5.87. The van der Waals surface area contributed by atoms with E-state index in [1.807, 2.05) is 55.4 Å². The Kier molecular flexibility index (Phi) is 3.99. The van der Waals surface area contributed by atoms with Crippen LogP contribution in [0.5, 0.6) is 0 Å². The summed E-state index contributed by atoms with van der Waals surface area (Å²) in [4.78, 5) is 6.37. The lowest BCUT2D eigenvalue weighted by molar-refractivity contribution is 0.884. The summed E-state index contributed by atoms with van der Waals surface area (Å²) in [6.07, 6.45) is 1.78. The van der Waals surface area contributed by atoms with E-state index in [0.29, 0.717) is 12.1 Å². The number of anilines is 2. The molecule has 0 bridgehead atoms. The zero-order chi connectivity index (χ0) is 13.7. The van der Waals surface area contributed by atoms with Crippen molar-refractivity contribution in [2.75, 3.05) is 24.3 Å². The normalized spacial score (nSPS) is 9.74. The van der Waals surface area contributed by atoms with E-state index in [2.05, 4.69) is 16.4 Å². The summed E-state index contributed by atoms with van der Waals surface area (Å²) in [5.41, 5.74) is 3.59. The third-order valence-corrected chi connectivity index (χ3v) is 2.94. The number of pyridine rings is 1. The molecule has 0 saturated carbocycles. The van der Waals surface area contributed by atoms with E-state index in [1.54, 1.807) is 6.20 Å². The molecular weight excluding hydrogens is 236 g/mol. The molecular formula is C15H16N4. The van der Waals surface area contributed by atoms with Gasteiger partial charge in [0.1, 0.15) is 6.07 Å². The molecule has 4 nitrogen and oxygen atoms in total. The smallest absolute Gasteiger partial charge is 0.101 e. The first kappa shape index (κ1) is 12.9. The van der Waals surface area contributed by atoms with Gasteiger partial charge in [0.05, 0.1) is 23.5 Å². The van der Waals surface area contributed by atoms with Crippen molar-refractivity contribution >= 4 is 11.4 Å². The highest BCUT2D eigenvalue weighted by atomic mass is 15.1. The van der Waals surface area contributed by atoms with E-state index in [9.17, 15) is 0 Å². The average molecular weight is 252 g/mol. The molecule has 0 spiro atoms. The molecule has 1 aromatic heterocycles. The van der Waals surface area contributed by atoms with Gasteiger partial charge in [0.25, 0.3) is 0 Å². The summed E-state index contributed by atoms with van der Waals surface area (Å²) in [5.74, 6) is 0. The Morgan fingerprint density at radius 1 is 1.32 bits per heavy atom. The van der Waals surface area contributed by atoms with Crippen molar-refractivity contribution in [3.8, 4) is 6.07 Å². The first-order valence-electron chi connectivity index (χ1n) is 6.07. The summed E-state index contributed by atoms with van der Waals surface area (Å²) in [6.45, 7) is 0.661. The van der Waals surface area contributed by atoms with Crippen LogP contribution in [0.3, 0.4) is 0 Å². The highest BCUT2D eigenvalue weighted by Gasteiger charge is 2.07. The third-order valence-electron chi connectivity index (χ3n) is 2.94. The Morgan fingerprint density at radius 3 is 2.84 bits per heavy atom. The van der Waals surface area contributed by atoms with E-state index in [-0.39, 0.29) is 0 Å². The molecule has 0 unspecified atom stereocenters. The van der Waals surface area contributed by atoms with Crippen LogP contribution >= 0.6 is 0 Å². The molecule has 1 N–H and O–H groups in total. The number of benzene rings is 1. The minimum absolute atomic E-state index is 0.661. The molecule has 0 atom stereocenters. The summed E-state index contributed by atoms with van der Waals surface area (Å²) in [6, 6.07) is 13.7. The molecule has 0 saturated heterocycles. The van der Waals surface area contributed by atoms with Gasteiger partial charge < -0.3 is 10.2 Å². The predicted octanol–water partition coefficient (Wildman–Crippen LogP) is 2.63. The van der Waals surface area contributed by atoms with Gasteiger partial charge in [0.15, 0.2) is 0 Å². The Labute approximate surface area is 113 Å². The minimum atomic E-state index is 0.661. The van der Waals surface area contributed by atoms with Gasteiger partial charge in [-0.3, -0.25) is 4.98 Å². The maximum atomic E-state index is 9.11. The lowest BCUT2D eigenvalue weighted by Gasteiger charge is -2.20. The second-order valence-corrected chi connectivity index (χ2v) is 4.27. The molecule has 2 aromatic rings. The fourth-order valence-electron chi connectivity index (χ4n) is 1.95. The number of para-hydroxylation sites is 1. The van der Waals surface area contributed by atoms with E-state index in [4.69, 9.17) is 5.26 Å². The Hall–Kier alpha value is -2.54. The van der Waals surface area contributed by atoms with Crippen molar-refractivity contribution in [1.82, 2.24) is 4.98 Å². The van der Waals surface area contributed by atoms with E-state index in [0.717, 1.165) is 17.1 Å². The third kappa shape index (κ3) is 3.02. The maximum Gasteiger partial charge on any atom is 0.101 e. The first-order chi connectivity index (χ1) is 9.24. The van der Waals surface area contributed by atoms with E-state index < -0.39 is 0 Å². The van der Waals surface area contributed by atoms with Crippen LogP contribution in [0.2, 0.25) is 0 Å². The highest BCUT2D eigenvalue weighted by Crippen LogP contribution is 2.20. The predicted molar refractivity (Wildman–Crippen MR) is 77.0 cm³/mol. The number of nitrogens with zero attached hydrogens (tertiary/aromatic N) is 3. The molecule has 1 heterocycles. The first-order valence-corrected chi connectivity index (χ1v) is 6.07. The van der Waals surface area contributed by atoms with Gasteiger partial charge in [0, 0.05) is 26.0 Å². The molecule has 96 valence electrons. The van der Waals surface area contributed by atoms with Crippen LogP contribution in [-0.2, 0) is 6.54 Å². The van der Waals surface area contributed by atoms with Gasteiger partial charge in [-0.2, -0.15) is 5.26 Å². The monoisotopic (exact) mass is 252 g/mol. The Balaban J connectivity index is 2.21. The molecule has 0 amide bonds. The topological polar surface area (TPSA) is 52.0 Å². The van der Waals surface area contributed by atoms with Crippen LogP contribution < -0.4 is 10.2 Å². The number of aromatic nitrogens is 1. The fourth-order valence-corrected chi connectivity index (χ4v) is 1.95. The minimum Gasteiger partial charge on any atom is -0.388 e. The Bertz CT molecular complexity index is 601. The van der Waals surface area contributed by atoms with Crippen LogP contribution in [0.25, 0.3) is 0 Å². The van der Waals surface area contributed by atoms with Crippen molar-refractivity contribution in [3.05, 3.63) is 53.9 Å². The molecule has 0 aliphatic carbocycles. The van der Waals surface area contributed by atoms with Gasteiger partial charge in [-0.1, -0.05) is 12.1 Å². The second-order valence-electron chi connectivity index (χ2n) is 4.27. The van der Waals surface area contributed by atoms with E-state index in [1.165, 1.54) is 0 Å². The number of nitriles is 1. The lowest BCUT2D eigenvalue weighted by atomic mass is 10.1. The molecule has 0 radical (unpaired) electrons. The standard InChI is InChI=1S/C15H16N4/c1-17-13-7-8-18-14(9-13)11-19(2)15-6-4-3-5-12(15)10-16/h3-9H,11H2,1-2H3,(H,17,18). The average Bonchev–Trinajstić information content (AvgIpc) is 2.47. The van der Waals surface area contributed by atoms with Crippen LogP contribution in [0.15, 0.2) is 42.6 Å². The molecule has 2 rings (SSSR count). The van der Waals surface area contributed by atoms with Crippen LogP contribution in [0.4, 0.5) is 11.4 Å². The molecule has 0 aliphatic rings. The Morgan fingerprint density at radius 2 is 2.11 bits per heavy atom. The van der Waals surface area contributed by atoms with Gasteiger partial charge >= 0.3 is 0 Å². The number of hydrogen-bond acceptors (Lipinski definition) is 4. The lowest BCUT2D eigenvalue weighted by Crippen LogP contribution is -2.18. The summed E-state index contributed by atoms with van der Waals surface area (Å²) < 4.78 is 0. The number of nitrogens with one attached hydrogen (secondary N) is 1. The SMILES string of the molecule is CNc1ccnc(CN(C)c2ccccc2C#N)c1. The van der Waals surface area contributed by atoms with Crippen molar-refractivity contribution in [2.45, 2.75) is 6.54 Å². The summed E-state index contributed by atoms with van der Waals surface area (Å²) >= 11 is 0. The fraction of sp³-hybridized carbons (Fsp3) is 0.200. The zero-order valence-electron chi connectivity index (χ0n) is 11.1. The van der Waals surface area contributed by atoms with Crippen molar-refractivity contribution in [2.24, 2.45) is 0 Å². The van der Waals surface area contributed by atoms with Crippen molar-refractivity contribution in [1.29, 1.82) is 5.26 Å². The van der Waals surface area contributed by atoms with Crippen LogP contribution in [0, 0.1) is 11.3 Å². The van der Waals surface area contributed by atoms with Gasteiger partial charge in [-0.05, 0) is 24.3 Å². The van der Waals surface area contributed by atoms with Crippen molar-refractivity contribution < 1.29 is 0 Å². The molecule has 0 fully saturated rings. The van der Waals surface area contributed by atoms with Gasteiger partial charge in [0.2, 0.25) is 0 Å².